The van der Waals surface area contributed by atoms with Gasteiger partial charge in [0.05, 0.1) is 6.04 Å². The van der Waals surface area contributed by atoms with Gasteiger partial charge in [0.1, 0.15) is 11.6 Å². The van der Waals surface area contributed by atoms with E-state index in [0.717, 1.165) is 36.4 Å². The molecule has 0 saturated carbocycles. The molecule has 0 aromatic heterocycles. The number of hydrogen-bond acceptors (Lipinski definition) is 6. The van der Waals surface area contributed by atoms with Gasteiger partial charge in [-0.3, -0.25) is 10.7 Å². The maximum absolute atomic E-state index is 14.3. The molecule has 2 rings (SSSR count). The van der Waals surface area contributed by atoms with E-state index < -0.39 is 17.7 Å². The zero-order valence-corrected chi connectivity index (χ0v) is 20.0. The lowest BCUT2D eigenvalue weighted by atomic mass is 9.95. The van der Waals surface area contributed by atoms with Gasteiger partial charge in [0.2, 0.25) is 0 Å². The summed E-state index contributed by atoms with van der Waals surface area (Å²) in [5.74, 6) is 3.72. The van der Waals surface area contributed by atoms with Crippen molar-refractivity contribution >= 4 is 0 Å². The van der Waals surface area contributed by atoms with Gasteiger partial charge in [0, 0.05) is 42.2 Å². The van der Waals surface area contributed by atoms with Crippen molar-refractivity contribution in [3.63, 3.8) is 0 Å². The summed E-state index contributed by atoms with van der Waals surface area (Å²) >= 11 is 0. The number of benzene rings is 1. The van der Waals surface area contributed by atoms with Gasteiger partial charge in [0.25, 0.3) is 0 Å². The minimum Gasteiger partial charge on any atom is -0.403 e. The van der Waals surface area contributed by atoms with Crippen molar-refractivity contribution in [2.75, 3.05) is 13.6 Å². The second kappa shape index (κ2) is 14.8. The molecule has 0 aliphatic carbocycles. The highest BCUT2D eigenvalue weighted by Gasteiger charge is 2.26. The fourth-order valence-electron chi connectivity index (χ4n) is 3.72. The average molecular weight is 473 g/mol. The molecule has 2 unspecified atom stereocenters. The Balaban J connectivity index is 0.000000620. The molecule has 1 saturated heterocycles. The third-order valence-electron chi connectivity index (χ3n) is 5.58. The zero-order chi connectivity index (χ0) is 25.7. The van der Waals surface area contributed by atoms with Crippen LogP contribution in [0.1, 0.15) is 36.4 Å². The normalized spacial score (nSPS) is 17.3. The molecule has 1 fully saturated rings. The molecule has 8 heteroatoms. The first-order valence-electron chi connectivity index (χ1n) is 11.0. The summed E-state index contributed by atoms with van der Waals surface area (Å²) in [6.07, 6.45) is 11.0. The minimum atomic E-state index is -0.653. The van der Waals surface area contributed by atoms with Crippen LogP contribution in [-0.2, 0) is 6.54 Å². The number of nitrogens with two attached hydrogens (primary N) is 3. The van der Waals surface area contributed by atoms with E-state index in [1.54, 1.807) is 24.3 Å². The fraction of sp³-hybridized carbons (Fsp3) is 0.308. The molecule has 1 aromatic carbocycles. The second-order valence-electron chi connectivity index (χ2n) is 7.84. The van der Waals surface area contributed by atoms with Crippen LogP contribution in [0.4, 0.5) is 8.78 Å². The third-order valence-corrected chi connectivity index (χ3v) is 5.58. The van der Waals surface area contributed by atoms with Crippen LogP contribution in [0.3, 0.4) is 0 Å². The number of hydrogen-bond donors (Lipinski definition) is 5. The molecule has 0 amide bonds. The Labute approximate surface area is 202 Å². The molecule has 1 heterocycles. The number of likely N-dealkylation sites (tertiary alicyclic amines) is 1. The summed E-state index contributed by atoms with van der Waals surface area (Å²) in [4.78, 5) is 2.22. The molecule has 34 heavy (non-hydrogen) atoms. The number of likely N-dealkylation sites (N-methyl/N-ethyl adjacent to an activating group) is 1. The summed E-state index contributed by atoms with van der Waals surface area (Å²) in [5, 5.41) is 3.35. The predicted molar refractivity (Wildman–Crippen MR) is 138 cm³/mol. The Morgan fingerprint density at radius 2 is 1.91 bits per heavy atom. The van der Waals surface area contributed by atoms with E-state index in [9.17, 15) is 8.78 Å². The first-order valence-corrected chi connectivity index (χ1v) is 11.0. The van der Waals surface area contributed by atoms with Gasteiger partial charge in [-0.05, 0) is 49.7 Å². The number of nitrogens with one attached hydrogen (secondary N) is 2. The number of allylic oxidation sites excluding steroid dienone is 3. The van der Waals surface area contributed by atoms with E-state index in [1.807, 2.05) is 7.05 Å². The van der Waals surface area contributed by atoms with Gasteiger partial charge >= 0.3 is 0 Å². The van der Waals surface area contributed by atoms with Gasteiger partial charge in [-0.1, -0.05) is 44.0 Å². The van der Waals surface area contributed by atoms with Crippen molar-refractivity contribution in [2.24, 2.45) is 17.3 Å². The van der Waals surface area contributed by atoms with Crippen LogP contribution in [0.15, 0.2) is 85.9 Å². The maximum Gasteiger partial charge on any atom is 0.130 e. The van der Waals surface area contributed by atoms with Crippen LogP contribution in [0.25, 0.3) is 0 Å². The molecule has 6 nitrogen and oxygen atoms in total. The lowest BCUT2D eigenvalue weighted by Gasteiger charge is -2.29. The van der Waals surface area contributed by atoms with Crippen molar-refractivity contribution < 1.29 is 8.78 Å². The van der Waals surface area contributed by atoms with Gasteiger partial charge in [0.15, 0.2) is 0 Å². The minimum absolute atomic E-state index is 0.116. The van der Waals surface area contributed by atoms with Crippen molar-refractivity contribution in [2.45, 2.75) is 37.9 Å². The SMILES string of the molecule is C=C/C=C(\C=C)C(NC(=C)C1CCCN1C)c1cc(F)c(CN)c(F)c1.C=CC/C(=C/N)NN. The Kier molecular flexibility index (Phi) is 12.6. The fourth-order valence-corrected chi connectivity index (χ4v) is 3.72. The number of nitrogens with zero attached hydrogens (tertiary/aromatic N) is 1. The molecule has 186 valence electrons. The highest BCUT2D eigenvalue weighted by Crippen LogP contribution is 2.29. The quantitative estimate of drug-likeness (QED) is 0.145. The maximum atomic E-state index is 14.3. The molecule has 0 bridgehead atoms. The summed E-state index contributed by atoms with van der Waals surface area (Å²) in [6.45, 7) is 16.0. The lowest BCUT2D eigenvalue weighted by Crippen LogP contribution is -2.35. The van der Waals surface area contributed by atoms with Gasteiger partial charge in [-0.2, -0.15) is 0 Å². The van der Waals surface area contributed by atoms with E-state index in [1.165, 1.54) is 18.3 Å². The van der Waals surface area contributed by atoms with Crippen LogP contribution >= 0.6 is 0 Å². The van der Waals surface area contributed by atoms with Crippen molar-refractivity contribution in [1.82, 2.24) is 15.6 Å². The van der Waals surface area contributed by atoms with E-state index in [2.05, 4.69) is 42.0 Å². The van der Waals surface area contributed by atoms with Gasteiger partial charge < -0.3 is 22.2 Å². The Bertz CT molecular complexity index is 899. The topological polar surface area (TPSA) is 105 Å². The Hall–Kier alpha value is -3.20. The standard InChI is InChI=1S/C21H27F2N3.C5H11N3/c1-5-8-15(6-2)21(25-14(3)20-9-7-10-26(20)4)16-11-18(22)17(13-24)19(23)12-16;1-2-3-5(4-6)8-7/h5-6,8,11-12,20-21,25H,1-3,7,9-10,13,24H2,4H3;2,4,8H,1,3,6-7H2/b15-8+;5-4-. The molecule has 1 aliphatic rings. The Morgan fingerprint density at radius 1 is 1.26 bits per heavy atom. The molecule has 0 spiro atoms. The summed E-state index contributed by atoms with van der Waals surface area (Å²) in [6, 6.07) is 2.33. The zero-order valence-electron chi connectivity index (χ0n) is 20.0. The molecule has 0 radical (unpaired) electrons. The average Bonchev–Trinajstić information content (AvgIpc) is 3.25. The molecule has 1 aliphatic heterocycles. The molecule has 1 aromatic rings. The number of hydrazine groups is 1. The third kappa shape index (κ3) is 7.98. The van der Waals surface area contributed by atoms with E-state index >= 15 is 0 Å². The molecular formula is C26H38F2N6. The second-order valence-corrected chi connectivity index (χ2v) is 7.84. The van der Waals surface area contributed by atoms with Crippen molar-refractivity contribution in [3.8, 4) is 0 Å². The van der Waals surface area contributed by atoms with E-state index in [0.29, 0.717) is 12.0 Å². The van der Waals surface area contributed by atoms with E-state index in [-0.39, 0.29) is 18.2 Å². The first kappa shape index (κ1) is 28.8. The summed E-state index contributed by atoms with van der Waals surface area (Å²) in [7, 11) is 2.04. The highest BCUT2D eigenvalue weighted by molar-refractivity contribution is 5.39. The molecule has 8 N–H and O–H groups in total. The summed E-state index contributed by atoms with van der Waals surface area (Å²) in [5.41, 5.74) is 15.6. The smallest absolute Gasteiger partial charge is 0.130 e. The van der Waals surface area contributed by atoms with Crippen LogP contribution in [0, 0.1) is 11.6 Å². The largest absolute Gasteiger partial charge is 0.403 e. The van der Waals surface area contributed by atoms with Crippen molar-refractivity contribution in [3.05, 3.63) is 109 Å². The van der Waals surface area contributed by atoms with Crippen LogP contribution in [0.5, 0.6) is 0 Å². The van der Waals surface area contributed by atoms with Gasteiger partial charge in [-0.25, -0.2) is 8.78 Å². The van der Waals surface area contributed by atoms with Crippen LogP contribution in [-0.4, -0.2) is 24.5 Å². The van der Waals surface area contributed by atoms with Crippen molar-refractivity contribution in [1.29, 1.82) is 0 Å². The summed E-state index contributed by atoms with van der Waals surface area (Å²) < 4.78 is 28.6. The lowest BCUT2D eigenvalue weighted by molar-refractivity contribution is 0.331. The number of rotatable bonds is 11. The van der Waals surface area contributed by atoms with Crippen LogP contribution < -0.4 is 28.1 Å². The Morgan fingerprint density at radius 3 is 2.29 bits per heavy atom. The van der Waals surface area contributed by atoms with Crippen LogP contribution in [0.2, 0.25) is 0 Å². The monoisotopic (exact) mass is 472 g/mol. The first-order chi connectivity index (χ1) is 16.3. The van der Waals surface area contributed by atoms with E-state index in [4.69, 9.17) is 17.3 Å². The highest BCUT2D eigenvalue weighted by atomic mass is 19.1. The molecular weight excluding hydrogens is 434 g/mol. The molecule has 2 atom stereocenters. The number of halogens is 2. The van der Waals surface area contributed by atoms with Gasteiger partial charge in [-0.15, -0.1) is 6.58 Å². The predicted octanol–water partition coefficient (Wildman–Crippen LogP) is 3.79.